The highest BCUT2D eigenvalue weighted by molar-refractivity contribution is 5.56. The lowest BCUT2D eigenvalue weighted by Gasteiger charge is -2.18. The number of aryl methyl sites for hydroxylation is 3. The van der Waals surface area contributed by atoms with E-state index in [1.54, 1.807) is 0 Å². The average Bonchev–Trinajstić information content (AvgIpc) is 2.41. The lowest BCUT2D eigenvalue weighted by molar-refractivity contribution is 0.234. The molecule has 1 N–H and O–H groups in total. The second-order valence-corrected chi connectivity index (χ2v) is 5.39. The maximum atomic E-state index is 5.91. The molecular weight excluding hydrogens is 246 g/mol. The first-order valence-corrected chi connectivity index (χ1v) is 7.09. The summed E-state index contributed by atoms with van der Waals surface area (Å²) in [7, 11) is 0. The highest BCUT2D eigenvalue weighted by atomic mass is 16.5. The van der Waals surface area contributed by atoms with Crippen LogP contribution in [-0.2, 0) is 0 Å². The van der Waals surface area contributed by atoms with Crippen molar-refractivity contribution in [3.63, 3.8) is 0 Å². The minimum atomic E-state index is 0.122. The predicted molar refractivity (Wildman–Crippen MR) is 85.7 cm³/mol. The van der Waals surface area contributed by atoms with Gasteiger partial charge in [-0.15, -0.1) is 0 Å². The van der Waals surface area contributed by atoms with Gasteiger partial charge in [-0.05, 0) is 51.0 Å². The minimum absolute atomic E-state index is 0.122. The molecule has 0 saturated carbocycles. The van der Waals surface area contributed by atoms with E-state index in [1.807, 2.05) is 12.1 Å². The summed E-state index contributed by atoms with van der Waals surface area (Å²) in [4.78, 5) is 0. The van der Waals surface area contributed by atoms with E-state index in [0.29, 0.717) is 0 Å². The molecule has 0 saturated heterocycles. The molecule has 2 heteroatoms. The molecule has 2 rings (SSSR count). The van der Waals surface area contributed by atoms with E-state index in [1.165, 1.54) is 22.4 Å². The molecule has 1 atom stereocenters. The van der Waals surface area contributed by atoms with Crippen LogP contribution in [0.1, 0.15) is 23.6 Å². The molecular formula is C18H23NO. The van der Waals surface area contributed by atoms with Crippen LogP contribution in [0, 0.1) is 20.8 Å². The Morgan fingerprint density at radius 3 is 2.15 bits per heavy atom. The number of ether oxygens (including phenoxy) is 1. The summed E-state index contributed by atoms with van der Waals surface area (Å²) >= 11 is 0. The summed E-state index contributed by atoms with van der Waals surface area (Å²) in [6.07, 6.45) is 0.122. The van der Waals surface area contributed by atoms with E-state index in [2.05, 4.69) is 63.3 Å². The van der Waals surface area contributed by atoms with Gasteiger partial charge < -0.3 is 10.1 Å². The van der Waals surface area contributed by atoms with E-state index in [0.717, 1.165) is 12.3 Å². The third-order valence-corrected chi connectivity index (χ3v) is 3.41. The largest absolute Gasteiger partial charge is 0.489 e. The topological polar surface area (TPSA) is 21.3 Å². The van der Waals surface area contributed by atoms with Gasteiger partial charge in [0.1, 0.15) is 11.9 Å². The highest BCUT2D eigenvalue weighted by Gasteiger charge is 2.06. The Morgan fingerprint density at radius 1 is 0.950 bits per heavy atom. The molecule has 0 heterocycles. The summed E-state index contributed by atoms with van der Waals surface area (Å²) in [5.74, 6) is 0.923. The van der Waals surface area contributed by atoms with Gasteiger partial charge in [0, 0.05) is 5.69 Å². The summed E-state index contributed by atoms with van der Waals surface area (Å²) in [6, 6.07) is 14.5. The zero-order valence-corrected chi connectivity index (χ0v) is 12.7. The molecule has 0 aromatic heterocycles. The quantitative estimate of drug-likeness (QED) is 0.863. The zero-order chi connectivity index (χ0) is 14.5. The monoisotopic (exact) mass is 269 g/mol. The Balaban J connectivity index is 1.92. The van der Waals surface area contributed by atoms with E-state index in [4.69, 9.17) is 4.74 Å². The summed E-state index contributed by atoms with van der Waals surface area (Å²) in [5, 5.41) is 3.49. The van der Waals surface area contributed by atoms with Gasteiger partial charge in [-0.3, -0.25) is 0 Å². The second-order valence-electron chi connectivity index (χ2n) is 5.39. The fraction of sp³-hybridized carbons (Fsp3) is 0.333. The van der Waals surface area contributed by atoms with Gasteiger partial charge in [0.05, 0.1) is 6.54 Å². The Hall–Kier alpha value is -1.96. The first-order chi connectivity index (χ1) is 9.56. The Bertz CT molecular complexity index is 540. The van der Waals surface area contributed by atoms with Crippen LogP contribution in [0.3, 0.4) is 0 Å². The van der Waals surface area contributed by atoms with Gasteiger partial charge in [-0.1, -0.05) is 35.9 Å². The lowest BCUT2D eigenvalue weighted by atomic mass is 10.1. The molecule has 0 aliphatic carbocycles. The van der Waals surface area contributed by atoms with E-state index >= 15 is 0 Å². The normalized spacial score (nSPS) is 12.0. The van der Waals surface area contributed by atoms with Gasteiger partial charge in [0.15, 0.2) is 0 Å². The van der Waals surface area contributed by atoms with E-state index < -0.39 is 0 Å². The van der Waals surface area contributed by atoms with Crippen molar-refractivity contribution >= 4 is 5.69 Å². The van der Waals surface area contributed by atoms with Gasteiger partial charge in [-0.25, -0.2) is 0 Å². The SMILES string of the molecule is Cc1ccc(O[C@@H](C)CNc2c(C)cccc2C)cc1. The molecule has 0 aliphatic heterocycles. The Labute approximate surface area is 121 Å². The Morgan fingerprint density at radius 2 is 1.55 bits per heavy atom. The molecule has 0 amide bonds. The molecule has 2 aromatic carbocycles. The smallest absolute Gasteiger partial charge is 0.119 e. The predicted octanol–water partition coefficient (Wildman–Crippen LogP) is 4.49. The summed E-state index contributed by atoms with van der Waals surface area (Å²) in [5.41, 5.74) is 5.01. The maximum absolute atomic E-state index is 5.91. The first kappa shape index (κ1) is 14.4. The fourth-order valence-electron chi connectivity index (χ4n) is 2.23. The van der Waals surface area contributed by atoms with Crippen molar-refractivity contribution in [3.05, 3.63) is 59.2 Å². The van der Waals surface area contributed by atoms with Crippen LogP contribution in [0.2, 0.25) is 0 Å². The van der Waals surface area contributed by atoms with Crippen molar-refractivity contribution in [2.75, 3.05) is 11.9 Å². The van der Waals surface area contributed by atoms with Crippen LogP contribution in [0.5, 0.6) is 5.75 Å². The average molecular weight is 269 g/mol. The molecule has 106 valence electrons. The van der Waals surface area contributed by atoms with Crippen molar-refractivity contribution in [2.24, 2.45) is 0 Å². The van der Waals surface area contributed by atoms with Gasteiger partial charge in [0.2, 0.25) is 0 Å². The molecule has 0 radical (unpaired) electrons. The van der Waals surface area contributed by atoms with Crippen LogP contribution in [0.4, 0.5) is 5.69 Å². The van der Waals surface area contributed by atoms with Crippen molar-refractivity contribution in [2.45, 2.75) is 33.8 Å². The van der Waals surface area contributed by atoms with Crippen LogP contribution in [-0.4, -0.2) is 12.6 Å². The molecule has 2 aromatic rings. The van der Waals surface area contributed by atoms with Crippen LogP contribution in [0.25, 0.3) is 0 Å². The number of hydrogen-bond donors (Lipinski definition) is 1. The molecule has 2 nitrogen and oxygen atoms in total. The van der Waals surface area contributed by atoms with Crippen molar-refractivity contribution in [1.82, 2.24) is 0 Å². The molecule has 0 fully saturated rings. The number of hydrogen-bond acceptors (Lipinski definition) is 2. The number of nitrogens with one attached hydrogen (secondary N) is 1. The highest BCUT2D eigenvalue weighted by Crippen LogP contribution is 2.20. The lowest BCUT2D eigenvalue weighted by Crippen LogP contribution is -2.23. The molecule has 20 heavy (non-hydrogen) atoms. The third-order valence-electron chi connectivity index (χ3n) is 3.41. The Kier molecular flexibility index (Phi) is 4.67. The van der Waals surface area contributed by atoms with E-state index in [-0.39, 0.29) is 6.10 Å². The first-order valence-electron chi connectivity index (χ1n) is 7.09. The van der Waals surface area contributed by atoms with Gasteiger partial charge in [-0.2, -0.15) is 0 Å². The van der Waals surface area contributed by atoms with Crippen LogP contribution >= 0.6 is 0 Å². The minimum Gasteiger partial charge on any atom is -0.489 e. The zero-order valence-electron chi connectivity index (χ0n) is 12.7. The molecule has 0 spiro atoms. The standard InChI is InChI=1S/C18H23NO/c1-13-8-10-17(11-9-13)20-16(4)12-19-18-14(2)6-5-7-15(18)3/h5-11,16,19H,12H2,1-4H3/t16-/m0/s1. The molecule has 0 aliphatic rings. The van der Waals surface area contributed by atoms with Crippen molar-refractivity contribution < 1.29 is 4.74 Å². The van der Waals surface area contributed by atoms with Crippen molar-refractivity contribution in [3.8, 4) is 5.75 Å². The second kappa shape index (κ2) is 6.47. The van der Waals surface area contributed by atoms with Gasteiger partial charge >= 0.3 is 0 Å². The van der Waals surface area contributed by atoms with Crippen LogP contribution in [0.15, 0.2) is 42.5 Å². The number of rotatable bonds is 5. The van der Waals surface area contributed by atoms with Gasteiger partial charge in [0.25, 0.3) is 0 Å². The molecule has 0 bridgehead atoms. The third kappa shape index (κ3) is 3.77. The number of anilines is 1. The fourth-order valence-corrected chi connectivity index (χ4v) is 2.23. The molecule has 0 unspecified atom stereocenters. The summed E-state index contributed by atoms with van der Waals surface area (Å²) < 4.78 is 5.91. The maximum Gasteiger partial charge on any atom is 0.119 e. The van der Waals surface area contributed by atoms with Crippen LogP contribution < -0.4 is 10.1 Å². The number of para-hydroxylation sites is 1. The van der Waals surface area contributed by atoms with Crippen molar-refractivity contribution in [1.29, 1.82) is 0 Å². The summed E-state index contributed by atoms with van der Waals surface area (Å²) in [6.45, 7) is 9.21. The van der Waals surface area contributed by atoms with E-state index in [9.17, 15) is 0 Å². The number of benzene rings is 2.